The van der Waals surface area contributed by atoms with Crippen LogP contribution in [0.2, 0.25) is 0 Å². The quantitative estimate of drug-likeness (QED) is 0.714. The standard InChI is InChI=1S/C8H16N4O2S/c1-3-9-7(4-5-15(2,13)14)8-6-10-12-11-8/h6-7,9H,3-5H2,1-2H3,(H,10,11,12). The number of sulfone groups is 1. The predicted octanol–water partition coefficient (Wildman–Crippen LogP) is -0.110. The highest BCUT2D eigenvalue weighted by Crippen LogP contribution is 2.13. The van der Waals surface area contributed by atoms with E-state index < -0.39 is 9.84 Å². The van der Waals surface area contributed by atoms with E-state index in [2.05, 4.69) is 20.7 Å². The Hall–Kier alpha value is -0.950. The Morgan fingerprint density at radius 3 is 2.80 bits per heavy atom. The first-order chi connectivity index (χ1) is 7.03. The Morgan fingerprint density at radius 1 is 1.60 bits per heavy atom. The average Bonchev–Trinajstić information content (AvgIpc) is 2.63. The smallest absolute Gasteiger partial charge is 0.147 e. The summed E-state index contributed by atoms with van der Waals surface area (Å²) in [5.74, 6) is 0.150. The average molecular weight is 232 g/mol. The van der Waals surface area contributed by atoms with E-state index in [4.69, 9.17) is 0 Å². The van der Waals surface area contributed by atoms with Crippen molar-refractivity contribution in [1.82, 2.24) is 20.7 Å². The zero-order valence-corrected chi connectivity index (χ0v) is 9.71. The SMILES string of the molecule is CCNC(CCS(C)(=O)=O)c1cn[nH]n1. The highest BCUT2D eigenvalue weighted by atomic mass is 32.2. The third kappa shape index (κ3) is 4.39. The monoisotopic (exact) mass is 232 g/mol. The van der Waals surface area contributed by atoms with Crippen LogP contribution in [0.25, 0.3) is 0 Å². The topological polar surface area (TPSA) is 87.7 Å². The van der Waals surface area contributed by atoms with Gasteiger partial charge in [-0.3, -0.25) is 0 Å². The molecule has 1 rings (SSSR count). The lowest BCUT2D eigenvalue weighted by molar-refractivity contribution is 0.518. The number of hydrogen-bond donors (Lipinski definition) is 2. The number of rotatable bonds is 6. The van der Waals surface area contributed by atoms with E-state index in [0.717, 1.165) is 12.2 Å². The van der Waals surface area contributed by atoms with Crippen LogP contribution in [0.15, 0.2) is 6.20 Å². The van der Waals surface area contributed by atoms with Gasteiger partial charge in [0.25, 0.3) is 0 Å². The molecule has 7 heteroatoms. The zero-order valence-electron chi connectivity index (χ0n) is 8.90. The number of H-pyrrole nitrogens is 1. The summed E-state index contributed by atoms with van der Waals surface area (Å²) < 4.78 is 22.1. The van der Waals surface area contributed by atoms with E-state index in [-0.39, 0.29) is 11.8 Å². The van der Waals surface area contributed by atoms with E-state index in [1.165, 1.54) is 6.26 Å². The molecule has 1 atom stereocenters. The van der Waals surface area contributed by atoms with Crippen molar-refractivity contribution in [3.05, 3.63) is 11.9 Å². The summed E-state index contributed by atoms with van der Waals surface area (Å²) >= 11 is 0. The van der Waals surface area contributed by atoms with Gasteiger partial charge in [-0.15, -0.1) is 0 Å². The molecule has 6 nitrogen and oxygen atoms in total. The minimum atomic E-state index is -2.93. The molecule has 0 amide bonds. The molecule has 0 aromatic carbocycles. The molecule has 0 fully saturated rings. The van der Waals surface area contributed by atoms with Crippen LogP contribution in [-0.4, -0.2) is 42.4 Å². The molecule has 0 aliphatic heterocycles. The van der Waals surface area contributed by atoms with E-state index in [0.29, 0.717) is 6.42 Å². The summed E-state index contributed by atoms with van der Waals surface area (Å²) in [5.41, 5.74) is 0.750. The molecule has 0 bridgehead atoms. The lowest BCUT2D eigenvalue weighted by Crippen LogP contribution is -2.23. The summed E-state index contributed by atoms with van der Waals surface area (Å²) in [5, 5.41) is 13.3. The molecule has 0 saturated heterocycles. The molecule has 2 N–H and O–H groups in total. The molecule has 1 heterocycles. The Balaban J connectivity index is 2.60. The lowest BCUT2D eigenvalue weighted by atomic mass is 10.2. The molecule has 15 heavy (non-hydrogen) atoms. The lowest BCUT2D eigenvalue weighted by Gasteiger charge is -2.13. The molecular formula is C8H16N4O2S. The Bertz CT molecular complexity index is 373. The van der Waals surface area contributed by atoms with Crippen LogP contribution in [0, 0.1) is 0 Å². The predicted molar refractivity (Wildman–Crippen MR) is 57.1 cm³/mol. The van der Waals surface area contributed by atoms with Gasteiger partial charge in [0.05, 0.1) is 23.7 Å². The van der Waals surface area contributed by atoms with Gasteiger partial charge in [0.15, 0.2) is 0 Å². The van der Waals surface area contributed by atoms with Gasteiger partial charge in [-0.1, -0.05) is 6.92 Å². The van der Waals surface area contributed by atoms with E-state index >= 15 is 0 Å². The molecule has 1 aromatic rings. The minimum Gasteiger partial charge on any atom is -0.309 e. The fraction of sp³-hybridized carbons (Fsp3) is 0.750. The molecule has 0 aliphatic carbocycles. The van der Waals surface area contributed by atoms with Crippen LogP contribution in [0.1, 0.15) is 25.1 Å². The first kappa shape index (κ1) is 12.1. The van der Waals surface area contributed by atoms with Crippen LogP contribution in [-0.2, 0) is 9.84 Å². The van der Waals surface area contributed by atoms with Crippen molar-refractivity contribution in [3.8, 4) is 0 Å². The summed E-state index contributed by atoms with van der Waals surface area (Å²) in [6.45, 7) is 2.73. The number of hydrogen-bond acceptors (Lipinski definition) is 5. The second kappa shape index (κ2) is 5.22. The fourth-order valence-electron chi connectivity index (χ4n) is 1.31. The number of nitrogens with zero attached hydrogens (tertiary/aromatic N) is 2. The van der Waals surface area contributed by atoms with E-state index in [9.17, 15) is 8.42 Å². The van der Waals surface area contributed by atoms with Gasteiger partial charge >= 0.3 is 0 Å². The third-order valence-corrected chi connectivity index (χ3v) is 3.00. The van der Waals surface area contributed by atoms with Gasteiger partial charge in [-0.25, -0.2) is 8.42 Å². The largest absolute Gasteiger partial charge is 0.309 e. The van der Waals surface area contributed by atoms with E-state index in [1.807, 2.05) is 6.92 Å². The van der Waals surface area contributed by atoms with Crippen LogP contribution in [0.4, 0.5) is 0 Å². The molecular weight excluding hydrogens is 216 g/mol. The molecule has 1 unspecified atom stereocenters. The number of aromatic amines is 1. The van der Waals surface area contributed by atoms with Gasteiger partial charge in [0.1, 0.15) is 9.84 Å². The minimum absolute atomic E-state index is 0.0523. The Labute approximate surface area is 89.4 Å². The first-order valence-electron chi connectivity index (χ1n) is 4.79. The van der Waals surface area contributed by atoms with Gasteiger partial charge in [0, 0.05) is 6.26 Å². The second-order valence-corrected chi connectivity index (χ2v) is 5.68. The molecule has 0 radical (unpaired) electrons. The maximum absolute atomic E-state index is 11.0. The molecule has 1 aromatic heterocycles. The van der Waals surface area contributed by atoms with Gasteiger partial charge < -0.3 is 5.32 Å². The van der Waals surface area contributed by atoms with Crippen LogP contribution in [0.3, 0.4) is 0 Å². The van der Waals surface area contributed by atoms with E-state index in [1.54, 1.807) is 6.20 Å². The highest BCUT2D eigenvalue weighted by molar-refractivity contribution is 7.90. The normalized spacial score (nSPS) is 14.0. The van der Waals surface area contributed by atoms with Crippen LogP contribution >= 0.6 is 0 Å². The fourth-order valence-corrected chi connectivity index (χ4v) is 1.98. The first-order valence-corrected chi connectivity index (χ1v) is 6.85. The Morgan fingerprint density at radius 2 is 2.33 bits per heavy atom. The summed E-state index contributed by atoms with van der Waals surface area (Å²) in [6.07, 6.45) is 3.35. The summed E-state index contributed by atoms with van der Waals surface area (Å²) in [6, 6.07) is -0.0523. The highest BCUT2D eigenvalue weighted by Gasteiger charge is 2.15. The van der Waals surface area contributed by atoms with Crippen LogP contribution < -0.4 is 5.32 Å². The second-order valence-electron chi connectivity index (χ2n) is 3.42. The maximum Gasteiger partial charge on any atom is 0.147 e. The van der Waals surface area contributed by atoms with Crippen LogP contribution in [0.5, 0.6) is 0 Å². The van der Waals surface area contributed by atoms with Gasteiger partial charge in [-0.05, 0) is 13.0 Å². The summed E-state index contributed by atoms with van der Waals surface area (Å²) in [7, 11) is -2.93. The maximum atomic E-state index is 11.0. The molecule has 86 valence electrons. The van der Waals surface area contributed by atoms with Crippen molar-refractivity contribution in [3.63, 3.8) is 0 Å². The third-order valence-electron chi connectivity index (χ3n) is 2.02. The molecule has 0 saturated carbocycles. The zero-order chi connectivity index (χ0) is 11.3. The van der Waals surface area contributed by atoms with Crippen molar-refractivity contribution in [1.29, 1.82) is 0 Å². The number of nitrogens with one attached hydrogen (secondary N) is 2. The van der Waals surface area contributed by atoms with Crippen molar-refractivity contribution < 1.29 is 8.42 Å². The Kier molecular flexibility index (Phi) is 4.22. The number of aromatic nitrogens is 3. The summed E-state index contributed by atoms with van der Waals surface area (Å²) in [4.78, 5) is 0. The van der Waals surface area contributed by atoms with Gasteiger partial charge in [-0.2, -0.15) is 15.4 Å². The van der Waals surface area contributed by atoms with Crippen molar-refractivity contribution in [2.45, 2.75) is 19.4 Å². The van der Waals surface area contributed by atoms with Crippen molar-refractivity contribution in [2.75, 3.05) is 18.6 Å². The molecule has 0 spiro atoms. The van der Waals surface area contributed by atoms with Crippen molar-refractivity contribution >= 4 is 9.84 Å². The molecule has 0 aliphatic rings. The van der Waals surface area contributed by atoms with Gasteiger partial charge in [0.2, 0.25) is 0 Å². The van der Waals surface area contributed by atoms with Crippen molar-refractivity contribution in [2.24, 2.45) is 0 Å².